The third-order valence-corrected chi connectivity index (χ3v) is 4.66. The van der Waals surface area contributed by atoms with Gasteiger partial charge in [0.15, 0.2) is 5.92 Å². The van der Waals surface area contributed by atoms with E-state index in [1.807, 2.05) is 48.5 Å². The lowest BCUT2D eigenvalue weighted by Gasteiger charge is -2.19. The van der Waals surface area contributed by atoms with E-state index in [1.165, 1.54) is 0 Å². The van der Waals surface area contributed by atoms with Crippen LogP contribution in [0.25, 0.3) is 11.1 Å². The van der Waals surface area contributed by atoms with Crippen molar-refractivity contribution in [3.8, 4) is 23.5 Å². The van der Waals surface area contributed by atoms with Gasteiger partial charge in [-0.3, -0.25) is 9.59 Å². The molecule has 0 amide bonds. The van der Waals surface area contributed by atoms with Gasteiger partial charge in [-0.2, -0.15) is 0 Å². The van der Waals surface area contributed by atoms with Crippen LogP contribution in [0.3, 0.4) is 0 Å². The highest BCUT2D eigenvalue weighted by molar-refractivity contribution is 5.95. The highest BCUT2D eigenvalue weighted by Gasteiger charge is 2.35. The van der Waals surface area contributed by atoms with Crippen molar-refractivity contribution in [1.82, 2.24) is 0 Å². The van der Waals surface area contributed by atoms with Crippen LogP contribution in [-0.2, 0) is 14.3 Å². The molecule has 2 atom stereocenters. The van der Waals surface area contributed by atoms with Crippen LogP contribution in [0, 0.1) is 18.3 Å². The summed E-state index contributed by atoms with van der Waals surface area (Å²) in [7, 11) is 0. The van der Waals surface area contributed by atoms with Gasteiger partial charge in [0.25, 0.3) is 0 Å². The lowest BCUT2D eigenvalue weighted by molar-refractivity contribution is -0.159. The smallest absolute Gasteiger partial charge is 0.322 e. The van der Waals surface area contributed by atoms with Crippen LogP contribution in [0.1, 0.15) is 23.5 Å². The molecule has 0 spiro atoms. The number of rotatable bonds is 6. The molecule has 0 radical (unpaired) electrons. The van der Waals surface area contributed by atoms with E-state index >= 15 is 0 Å². The number of terminal acetylenes is 1. The van der Waals surface area contributed by atoms with Gasteiger partial charge in [-0.15, -0.1) is 12.3 Å². The summed E-state index contributed by atoms with van der Waals surface area (Å²) in [5.74, 6) is -1.51. The molecule has 2 aromatic rings. The molecule has 5 heteroatoms. The maximum atomic E-state index is 12.3. The van der Waals surface area contributed by atoms with E-state index in [0.29, 0.717) is 0 Å². The molecule has 0 aromatic heterocycles. The SMILES string of the molecule is C#CC[C@@H](N)[C@H](C(=O)O)C(=O)OCC1c2ccccc2-c2ccccc21. The Morgan fingerprint density at radius 2 is 1.65 bits per heavy atom. The zero-order valence-corrected chi connectivity index (χ0v) is 14.1. The molecule has 0 heterocycles. The Kier molecular flexibility index (Phi) is 5.06. The predicted octanol–water partition coefficient (Wildman–Crippen LogP) is 2.39. The van der Waals surface area contributed by atoms with Gasteiger partial charge in [0.1, 0.15) is 6.61 Å². The van der Waals surface area contributed by atoms with Crippen molar-refractivity contribution in [2.45, 2.75) is 18.4 Å². The largest absolute Gasteiger partial charge is 0.481 e. The highest BCUT2D eigenvalue weighted by Crippen LogP contribution is 2.44. The lowest BCUT2D eigenvalue weighted by Crippen LogP contribution is -2.42. The molecule has 26 heavy (non-hydrogen) atoms. The van der Waals surface area contributed by atoms with Crippen molar-refractivity contribution in [2.24, 2.45) is 11.7 Å². The number of benzene rings is 2. The zero-order chi connectivity index (χ0) is 18.7. The second-order valence-electron chi connectivity index (χ2n) is 6.25. The third kappa shape index (κ3) is 3.19. The summed E-state index contributed by atoms with van der Waals surface area (Å²) < 4.78 is 5.36. The van der Waals surface area contributed by atoms with Gasteiger partial charge < -0.3 is 15.6 Å². The first-order chi connectivity index (χ1) is 12.5. The average Bonchev–Trinajstić information content (AvgIpc) is 2.94. The number of aliphatic carboxylic acids is 1. The molecule has 0 fully saturated rings. The molecular formula is C21H19NO4. The van der Waals surface area contributed by atoms with Gasteiger partial charge in [0, 0.05) is 18.4 Å². The summed E-state index contributed by atoms with van der Waals surface area (Å²) in [6.45, 7) is 0.0550. The summed E-state index contributed by atoms with van der Waals surface area (Å²) in [5.41, 5.74) is 10.1. The molecular weight excluding hydrogens is 330 g/mol. The van der Waals surface area contributed by atoms with Crippen LogP contribution in [0.5, 0.6) is 0 Å². The molecule has 5 nitrogen and oxygen atoms in total. The Morgan fingerprint density at radius 3 is 2.15 bits per heavy atom. The monoisotopic (exact) mass is 349 g/mol. The van der Waals surface area contributed by atoms with Crippen LogP contribution in [0.15, 0.2) is 48.5 Å². The number of carboxylic acid groups (broad SMARTS) is 1. The van der Waals surface area contributed by atoms with Crippen LogP contribution in [-0.4, -0.2) is 29.7 Å². The van der Waals surface area contributed by atoms with E-state index in [4.69, 9.17) is 16.9 Å². The first-order valence-corrected chi connectivity index (χ1v) is 8.31. The van der Waals surface area contributed by atoms with Crippen molar-refractivity contribution in [2.75, 3.05) is 6.61 Å². The fourth-order valence-corrected chi connectivity index (χ4v) is 3.41. The van der Waals surface area contributed by atoms with E-state index < -0.39 is 23.9 Å². The van der Waals surface area contributed by atoms with Gasteiger partial charge in [-0.25, -0.2) is 0 Å². The van der Waals surface area contributed by atoms with Crippen molar-refractivity contribution in [3.05, 3.63) is 59.7 Å². The molecule has 3 N–H and O–H groups in total. The molecule has 0 unspecified atom stereocenters. The summed E-state index contributed by atoms with van der Waals surface area (Å²) in [5, 5.41) is 9.30. The first-order valence-electron chi connectivity index (χ1n) is 8.31. The number of carbonyl (C=O) groups is 2. The molecule has 0 saturated carbocycles. The van der Waals surface area contributed by atoms with Crippen LogP contribution in [0.4, 0.5) is 0 Å². The summed E-state index contributed by atoms with van der Waals surface area (Å²) in [4.78, 5) is 23.7. The van der Waals surface area contributed by atoms with E-state index in [2.05, 4.69) is 5.92 Å². The molecule has 2 aromatic carbocycles. The summed E-state index contributed by atoms with van der Waals surface area (Å²) in [6, 6.07) is 14.8. The zero-order valence-electron chi connectivity index (χ0n) is 14.1. The second-order valence-corrected chi connectivity index (χ2v) is 6.25. The van der Waals surface area contributed by atoms with E-state index in [0.717, 1.165) is 22.3 Å². The molecule has 1 aliphatic rings. The molecule has 0 aliphatic heterocycles. The minimum atomic E-state index is -1.47. The quantitative estimate of drug-likeness (QED) is 0.475. The maximum absolute atomic E-state index is 12.3. The van der Waals surface area contributed by atoms with E-state index in [9.17, 15) is 14.7 Å². The molecule has 0 bridgehead atoms. The maximum Gasteiger partial charge on any atom is 0.322 e. The van der Waals surface area contributed by atoms with Crippen LogP contribution >= 0.6 is 0 Å². The molecule has 0 saturated heterocycles. The second kappa shape index (κ2) is 7.42. The Morgan fingerprint density at radius 1 is 1.12 bits per heavy atom. The number of hydrogen-bond acceptors (Lipinski definition) is 4. The standard InChI is InChI=1S/C21H19NO4/c1-2-7-18(22)19(20(23)24)21(25)26-12-17-15-10-5-3-8-13(15)14-9-4-6-11-16(14)17/h1,3-6,8-11,17-19H,7,12,22H2,(H,23,24)/t18-,19-/m1/s1. The van der Waals surface area contributed by atoms with E-state index in [1.54, 1.807) is 0 Å². The minimum absolute atomic E-state index is 0.0127. The molecule has 3 rings (SSSR count). The number of esters is 1. The number of ether oxygens (including phenoxy) is 1. The predicted molar refractivity (Wildman–Crippen MR) is 97.2 cm³/mol. The van der Waals surface area contributed by atoms with Crippen molar-refractivity contribution >= 4 is 11.9 Å². The van der Waals surface area contributed by atoms with Crippen molar-refractivity contribution in [1.29, 1.82) is 0 Å². The Labute approximate surface area is 151 Å². The number of fused-ring (bicyclic) bond motifs is 3. The molecule has 1 aliphatic carbocycles. The number of carboxylic acids is 1. The van der Waals surface area contributed by atoms with Crippen molar-refractivity contribution in [3.63, 3.8) is 0 Å². The summed E-state index contributed by atoms with van der Waals surface area (Å²) >= 11 is 0. The van der Waals surface area contributed by atoms with Crippen LogP contribution in [0.2, 0.25) is 0 Å². The summed E-state index contributed by atoms with van der Waals surface area (Å²) in [6.07, 6.45) is 5.16. The van der Waals surface area contributed by atoms with Gasteiger partial charge in [-0.1, -0.05) is 48.5 Å². The van der Waals surface area contributed by atoms with Gasteiger partial charge in [0.2, 0.25) is 0 Å². The number of nitrogens with two attached hydrogens (primary N) is 1. The molecule has 132 valence electrons. The van der Waals surface area contributed by atoms with Gasteiger partial charge in [-0.05, 0) is 22.3 Å². The van der Waals surface area contributed by atoms with Crippen LogP contribution < -0.4 is 5.73 Å². The fourth-order valence-electron chi connectivity index (χ4n) is 3.41. The van der Waals surface area contributed by atoms with E-state index in [-0.39, 0.29) is 18.9 Å². The van der Waals surface area contributed by atoms with Gasteiger partial charge in [0.05, 0.1) is 0 Å². The normalized spacial score (nSPS) is 14.6. The Balaban J connectivity index is 1.80. The number of hydrogen-bond donors (Lipinski definition) is 2. The average molecular weight is 349 g/mol. The topological polar surface area (TPSA) is 89.6 Å². The fraction of sp³-hybridized carbons (Fsp3) is 0.238. The Bertz CT molecular complexity index is 838. The third-order valence-electron chi connectivity index (χ3n) is 4.66. The first kappa shape index (κ1) is 17.7. The van der Waals surface area contributed by atoms with Crippen molar-refractivity contribution < 1.29 is 19.4 Å². The number of carbonyl (C=O) groups excluding carboxylic acids is 1. The van der Waals surface area contributed by atoms with Gasteiger partial charge >= 0.3 is 11.9 Å². The minimum Gasteiger partial charge on any atom is -0.481 e. The Hall–Kier alpha value is -3.10. The lowest BCUT2D eigenvalue weighted by atomic mass is 9.97. The highest BCUT2D eigenvalue weighted by atomic mass is 16.5.